The number of hydrogen-bond acceptors (Lipinski definition) is 4. The Morgan fingerprint density at radius 3 is 2.52 bits per heavy atom. The number of carboxylic acids is 1. The standard InChI is InChI=1S/C18H21F3N2O4/c1-10(11-2-5-13(6-3-11)27-18(19,20)21)22-16(24)9-23-12-4-7-15(23)14(8-12)17(25)26/h2-3,5-6,10,12,14-15H,4,7-9H2,1H3,(H,22,24)(H,25,26). The van der Waals surface area contributed by atoms with E-state index in [9.17, 15) is 27.9 Å². The lowest BCUT2D eigenvalue weighted by Crippen LogP contribution is -2.41. The van der Waals surface area contributed by atoms with E-state index in [2.05, 4.69) is 10.1 Å². The summed E-state index contributed by atoms with van der Waals surface area (Å²) in [7, 11) is 0. The molecule has 148 valence electrons. The zero-order valence-corrected chi connectivity index (χ0v) is 14.7. The summed E-state index contributed by atoms with van der Waals surface area (Å²) >= 11 is 0. The molecule has 0 radical (unpaired) electrons. The first kappa shape index (κ1) is 19.5. The molecule has 6 nitrogen and oxygen atoms in total. The molecule has 2 saturated heterocycles. The number of hydrogen-bond donors (Lipinski definition) is 2. The number of carbonyl (C=O) groups is 2. The SMILES string of the molecule is CC(NC(=O)CN1C2CCC1C(C(=O)O)C2)c1ccc(OC(F)(F)F)cc1. The van der Waals surface area contributed by atoms with Crippen LogP contribution in [0.4, 0.5) is 13.2 Å². The molecule has 2 aliphatic rings. The predicted molar refractivity (Wildman–Crippen MR) is 88.9 cm³/mol. The number of nitrogens with zero attached hydrogens (tertiary/aromatic N) is 1. The minimum Gasteiger partial charge on any atom is -0.481 e. The van der Waals surface area contributed by atoms with Crippen LogP contribution in [0.2, 0.25) is 0 Å². The number of amides is 1. The smallest absolute Gasteiger partial charge is 0.481 e. The first-order valence-corrected chi connectivity index (χ1v) is 8.77. The van der Waals surface area contributed by atoms with Gasteiger partial charge in [-0.1, -0.05) is 12.1 Å². The Morgan fingerprint density at radius 2 is 1.96 bits per heavy atom. The maximum atomic E-state index is 12.4. The van der Waals surface area contributed by atoms with E-state index >= 15 is 0 Å². The monoisotopic (exact) mass is 386 g/mol. The van der Waals surface area contributed by atoms with Gasteiger partial charge in [0.2, 0.25) is 5.91 Å². The van der Waals surface area contributed by atoms with Gasteiger partial charge in [0.05, 0.1) is 18.5 Å². The van der Waals surface area contributed by atoms with Gasteiger partial charge in [0.15, 0.2) is 0 Å². The van der Waals surface area contributed by atoms with Gasteiger partial charge in [0.25, 0.3) is 0 Å². The van der Waals surface area contributed by atoms with Gasteiger partial charge in [-0.25, -0.2) is 0 Å². The lowest BCUT2D eigenvalue weighted by atomic mass is 9.89. The van der Waals surface area contributed by atoms with E-state index in [-0.39, 0.29) is 30.3 Å². The molecular formula is C18H21F3N2O4. The molecule has 2 aliphatic heterocycles. The number of carbonyl (C=O) groups excluding carboxylic acids is 1. The molecule has 2 fully saturated rings. The molecule has 1 amide bonds. The molecule has 0 spiro atoms. The molecule has 0 aromatic heterocycles. The largest absolute Gasteiger partial charge is 0.573 e. The third kappa shape index (κ3) is 4.52. The second kappa shape index (κ2) is 7.38. The molecule has 4 atom stereocenters. The van der Waals surface area contributed by atoms with Crippen LogP contribution in [0.25, 0.3) is 0 Å². The van der Waals surface area contributed by atoms with Gasteiger partial charge in [-0.2, -0.15) is 0 Å². The van der Waals surface area contributed by atoms with Crippen molar-refractivity contribution in [3.05, 3.63) is 29.8 Å². The summed E-state index contributed by atoms with van der Waals surface area (Å²) < 4.78 is 40.4. The highest BCUT2D eigenvalue weighted by Gasteiger charge is 2.49. The Hall–Kier alpha value is -2.29. The normalized spacial score (nSPS) is 26.0. The highest BCUT2D eigenvalue weighted by Crippen LogP contribution is 2.41. The summed E-state index contributed by atoms with van der Waals surface area (Å²) in [6, 6.07) is 4.95. The molecule has 27 heavy (non-hydrogen) atoms. The molecule has 0 saturated carbocycles. The Bertz CT molecular complexity index is 708. The third-order valence-corrected chi connectivity index (χ3v) is 5.32. The zero-order chi connectivity index (χ0) is 19.8. The maximum Gasteiger partial charge on any atom is 0.573 e. The molecule has 2 bridgehead atoms. The number of fused-ring (bicyclic) bond motifs is 2. The fraction of sp³-hybridized carbons (Fsp3) is 0.556. The average molecular weight is 386 g/mol. The number of aliphatic carboxylic acids is 1. The number of carboxylic acid groups (broad SMARTS) is 1. The molecular weight excluding hydrogens is 365 g/mol. The molecule has 4 unspecified atom stereocenters. The minimum absolute atomic E-state index is 0.104. The van der Waals surface area contributed by atoms with Crippen molar-refractivity contribution < 1.29 is 32.6 Å². The van der Waals surface area contributed by atoms with Crippen LogP contribution in [-0.2, 0) is 9.59 Å². The average Bonchev–Trinajstić information content (AvgIpc) is 3.10. The number of ether oxygens (including phenoxy) is 1. The van der Waals surface area contributed by atoms with Gasteiger partial charge in [-0.05, 0) is 43.9 Å². The van der Waals surface area contributed by atoms with Gasteiger partial charge in [0.1, 0.15) is 5.75 Å². The number of benzene rings is 1. The summed E-state index contributed by atoms with van der Waals surface area (Å²) in [6.07, 6.45) is -2.49. The molecule has 0 aliphatic carbocycles. The van der Waals surface area contributed by atoms with Gasteiger partial charge in [-0.3, -0.25) is 14.5 Å². The highest BCUT2D eigenvalue weighted by atomic mass is 19.4. The maximum absolute atomic E-state index is 12.4. The quantitative estimate of drug-likeness (QED) is 0.786. The van der Waals surface area contributed by atoms with Crippen molar-refractivity contribution in [2.45, 2.75) is 50.7 Å². The van der Waals surface area contributed by atoms with Gasteiger partial charge < -0.3 is 15.2 Å². The third-order valence-electron chi connectivity index (χ3n) is 5.32. The van der Waals surface area contributed by atoms with Crippen LogP contribution in [0.15, 0.2) is 24.3 Å². The first-order valence-electron chi connectivity index (χ1n) is 8.77. The lowest BCUT2D eigenvalue weighted by Gasteiger charge is -2.23. The first-order chi connectivity index (χ1) is 12.6. The number of rotatable bonds is 6. The van der Waals surface area contributed by atoms with Gasteiger partial charge >= 0.3 is 12.3 Å². The number of alkyl halides is 3. The van der Waals surface area contributed by atoms with Crippen LogP contribution in [0.3, 0.4) is 0 Å². The van der Waals surface area contributed by atoms with Crippen LogP contribution < -0.4 is 10.1 Å². The van der Waals surface area contributed by atoms with E-state index in [1.165, 1.54) is 24.3 Å². The van der Waals surface area contributed by atoms with Crippen molar-refractivity contribution in [3.63, 3.8) is 0 Å². The van der Waals surface area contributed by atoms with E-state index in [1.54, 1.807) is 6.92 Å². The fourth-order valence-corrected chi connectivity index (χ4v) is 4.11. The van der Waals surface area contributed by atoms with Crippen LogP contribution in [0.5, 0.6) is 5.75 Å². The Morgan fingerprint density at radius 1 is 1.30 bits per heavy atom. The van der Waals surface area contributed by atoms with Crippen LogP contribution in [-0.4, -0.2) is 46.9 Å². The van der Waals surface area contributed by atoms with E-state index in [1.807, 2.05) is 4.90 Å². The van der Waals surface area contributed by atoms with Crippen molar-refractivity contribution in [1.29, 1.82) is 0 Å². The van der Waals surface area contributed by atoms with E-state index in [0.29, 0.717) is 12.0 Å². The van der Waals surface area contributed by atoms with Crippen LogP contribution in [0, 0.1) is 5.92 Å². The fourth-order valence-electron chi connectivity index (χ4n) is 4.11. The van der Waals surface area contributed by atoms with Gasteiger partial charge in [-0.15, -0.1) is 13.2 Å². The summed E-state index contributed by atoms with van der Waals surface area (Å²) in [6.45, 7) is 1.86. The highest BCUT2D eigenvalue weighted by molar-refractivity contribution is 5.79. The van der Waals surface area contributed by atoms with Crippen molar-refractivity contribution in [1.82, 2.24) is 10.2 Å². The minimum atomic E-state index is -4.75. The van der Waals surface area contributed by atoms with E-state index in [4.69, 9.17) is 0 Å². The molecule has 1 aromatic carbocycles. The molecule has 1 aromatic rings. The van der Waals surface area contributed by atoms with Crippen LogP contribution in [0.1, 0.15) is 37.8 Å². The van der Waals surface area contributed by atoms with E-state index in [0.717, 1.165) is 12.8 Å². The number of nitrogens with one attached hydrogen (secondary N) is 1. The molecule has 9 heteroatoms. The van der Waals surface area contributed by atoms with Crippen molar-refractivity contribution in [3.8, 4) is 5.75 Å². The van der Waals surface area contributed by atoms with Crippen molar-refractivity contribution in [2.75, 3.05) is 6.54 Å². The lowest BCUT2D eigenvalue weighted by molar-refractivity contribution is -0.274. The van der Waals surface area contributed by atoms with E-state index < -0.39 is 24.3 Å². The zero-order valence-electron chi connectivity index (χ0n) is 14.7. The molecule has 2 N–H and O–H groups in total. The van der Waals surface area contributed by atoms with Crippen LogP contribution >= 0.6 is 0 Å². The summed E-state index contributed by atoms with van der Waals surface area (Å²) in [5.74, 6) is -1.79. The number of halogens is 3. The molecule has 3 rings (SSSR count). The molecule has 2 heterocycles. The Balaban J connectivity index is 1.54. The summed E-state index contributed by atoms with van der Waals surface area (Å²) in [5.41, 5.74) is 0.644. The van der Waals surface area contributed by atoms with Gasteiger partial charge in [0, 0.05) is 12.1 Å². The summed E-state index contributed by atoms with van der Waals surface area (Å²) in [5, 5.41) is 12.1. The van der Waals surface area contributed by atoms with Crippen molar-refractivity contribution >= 4 is 11.9 Å². The van der Waals surface area contributed by atoms with Crippen molar-refractivity contribution in [2.24, 2.45) is 5.92 Å². The Labute approximate surface area is 154 Å². The second-order valence-corrected chi connectivity index (χ2v) is 7.06. The predicted octanol–water partition coefficient (Wildman–Crippen LogP) is 2.70. The second-order valence-electron chi connectivity index (χ2n) is 7.06. The topological polar surface area (TPSA) is 78.9 Å². The summed E-state index contributed by atoms with van der Waals surface area (Å²) in [4.78, 5) is 25.6. The Kier molecular flexibility index (Phi) is 5.32.